The quantitative estimate of drug-likeness (QED) is 0.640. The van der Waals surface area contributed by atoms with E-state index < -0.39 is 0 Å². The number of hydrogen-bond donors (Lipinski definition) is 1. The van der Waals surface area contributed by atoms with E-state index in [-0.39, 0.29) is 5.91 Å². The maximum atomic E-state index is 13.2. The highest BCUT2D eigenvalue weighted by Crippen LogP contribution is 2.41. The van der Waals surface area contributed by atoms with Crippen LogP contribution >= 0.6 is 11.3 Å². The molecule has 2 aromatic heterocycles. The van der Waals surface area contributed by atoms with Crippen molar-refractivity contribution in [3.63, 3.8) is 0 Å². The van der Waals surface area contributed by atoms with Crippen LogP contribution in [0, 0.1) is 0 Å². The number of fused-ring (bicyclic) bond motifs is 2. The number of imidazole rings is 1. The molecule has 0 spiro atoms. The Morgan fingerprint density at radius 3 is 2.80 bits per heavy atom. The second-order valence-corrected chi connectivity index (χ2v) is 9.26. The van der Waals surface area contributed by atoms with Gasteiger partial charge in [-0.15, -0.1) is 11.3 Å². The molecular formula is C23H28N4O2S. The molecule has 1 aliphatic carbocycles. The summed E-state index contributed by atoms with van der Waals surface area (Å²) in [6.07, 6.45) is 7.06. The van der Waals surface area contributed by atoms with Crippen molar-refractivity contribution >= 4 is 34.2 Å². The molecule has 1 aromatic carbocycles. The van der Waals surface area contributed by atoms with Crippen molar-refractivity contribution in [1.29, 1.82) is 0 Å². The third kappa shape index (κ3) is 3.61. The predicted molar refractivity (Wildman–Crippen MR) is 121 cm³/mol. The maximum Gasteiger partial charge on any atom is 0.271 e. The SMILES string of the molecule is COc1c(C(=O)Nc2nc3ccccc3n2CCN2CCCCC2)sc2c1CCC2. The Balaban J connectivity index is 1.42. The highest BCUT2D eigenvalue weighted by atomic mass is 32.1. The lowest BCUT2D eigenvalue weighted by Crippen LogP contribution is -2.32. The molecule has 0 unspecified atom stereocenters. The molecule has 0 atom stereocenters. The van der Waals surface area contributed by atoms with Gasteiger partial charge in [0.05, 0.1) is 18.1 Å². The molecule has 1 saturated heterocycles. The third-order valence-electron chi connectivity index (χ3n) is 6.25. The van der Waals surface area contributed by atoms with Crippen LogP contribution in [0.15, 0.2) is 24.3 Å². The monoisotopic (exact) mass is 424 g/mol. The number of benzene rings is 1. The first-order valence-corrected chi connectivity index (χ1v) is 11.7. The number of aryl methyl sites for hydroxylation is 1. The number of nitrogens with zero attached hydrogens (tertiary/aromatic N) is 3. The topological polar surface area (TPSA) is 59.4 Å². The van der Waals surface area contributed by atoms with Gasteiger partial charge in [-0.25, -0.2) is 4.98 Å². The smallest absolute Gasteiger partial charge is 0.271 e. The standard InChI is InChI=1S/C23H28N4O2S/c1-29-20-16-8-7-11-19(16)30-21(20)22(28)25-23-24-17-9-3-4-10-18(17)27(23)15-14-26-12-5-2-6-13-26/h3-4,9-10H,2,5-8,11-15H2,1H3,(H,24,25,28). The molecule has 1 amide bonds. The number of likely N-dealkylation sites (tertiary alicyclic amines) is 1. The van der Waals surface area contributed by atoms with Gasteiger partial charge < -0.3 is 14.2 Å². The lowest BCUT2D eigenvalue weighted by atomic mass is 10.1. The minimum absolute atomic E-state index is 0.124. The zero-order valence-electron chi connectivity index (χ0n) is 17.4. The molecule has 6 nitrogen and oxygen atoms in total. The van der Waals surface area contributed by atoms with E-state index in [2.05, 4.69) is 20.9 Å². The Morgan fingerprint density at radius 1 is 1.13 bits per heavy atom. The van der Waals surface area contributed by atoms with Crippen LogP contribution in [0.25, 0.3) is 11.0 Å². The normalized spacial score (nSPS) is 16.7. The van der Waals surface area contributed by atoms with Gasteiger partial charge >= 0.3 is 0 Å². The van der Waals surface area contributed by atoms with Crippen LogP contribution in [0.3, 0.4) is 0 Å². The van der Waals surface area contributed by atoms with Crippen molar-refractivity contribution < 1.29 is 9.53 Å². The van der Waals surface area contributed by atoms with Crippen molar-refractivity contribution in [2.45, 2.75) is 45.1 Å². The van der Waals surface area contributed by atoms with E-state index in [4.69, 9.17) is 9.72 Å². The lowest BCUT2D eigenvalue weighted by molar-refractivity contribution is 0.102. The highest BCUT2D eigenvalue weighted by molar-refractivity contribution is 7.14. The largest absolute Gasteiger partial charge is 0.495 e. The van der Waals surface area contributed by atoms with E-state index in [0.29, 0.717) is 10.8 Å². The summed E-state index contributed by atoms with van der Waals surface area (Å²) in [4.78, 5) is 22.4. The number of anilines is 1. The van der Waals surface area contributed by atoms with Crippen LogP contribution in [0.2, 0.25) is 0 Å². The molecule has 7 heteroatoms. The fourth-order valence-electron chi connectivity index (χ4n) is 4.72. The molecule has 1 N–H and O–H groups in total. The van der Waals surface area contributed by atoms with Crippen molar-refractivity contribution in [3.8, 4) is 5.75 Å². The Bertz CT molecular complexity index is 1060. The average Bonchev–Trinajstić information content (AvgIpc) is 3.45. The molecule has 0 bridgehead atoms. The first-order chi connectivity index (χ1) is 14.7. The van der Waals surface area contributed by atoms with Gasteiger partial charge in [-0.05, 0) is 57.3 Å². The molecule has 3 heterocycles. The van der Waals surface area contributed by atoms with Gasteiger partial charge in [0.2, 0.25) is 5.95 Å². The number of carbonyl (C=O) groups excluding carboxylic acids is 1. The summed E-state index contributed by atoms with van der Waals surface area (Å²) >= 11 is 1.57. The summed E-state index contributed by atoms with van der Waals surface area (Å²) in [5, 5.41) is 3.09. The predicted octanol–water partition coefficient (Wildman–Crippen LogP) is 4.33. The Morgan fingerprint density at radius 2 is 1.97 bits per heavy atom. The zero-order valence-corrected chi connectivity index (χ0v) is 18.3. The summed E-state index contributed by atoms with van der Waals surface area (Å²) < 4.78 is 7.77. The molecular weight excluding hydrogens is 396 g/mol. The fourth-order valence-corrected chi connectivity index (χ4v) is 5.97. The molecule has 1 fully saturated rings. The summed E-state index contributed by atoms with van der Waals surface area (Å²) in [7, 11) is 1.66. The Hall–Kier alpha value is -2.38. The van der Waals surface area contributed by atoms with Gasteiger partial charge in [-0.1, -0.05) is 18.6 Å². The average molecular weight is 425 g/mol. The maximum absolute atomic E-state index is 13.2. The van der Waals surface area contributed by atoms with Gasteiger partial charge in [0.25, 0.3) is 5.91 Å². The minimum Gasteiger partial charge on any atom is -0.495 e. The number of thiophene rings is 1. The highest BCUT2D eigenvalue weighted by Gasteiger charge is 2.27. The number of para-hydroxylation sites is 2. The molecule has 2 aliphatic rings. The second-order valence-electron chi connectivity index (χ2n) is 8.15. The first-order valence-electron chi connectivity index (χ1n) is 10.9. The number of rotatable bonds is 6. The van der Waals surface area contributed by atoms with Gasteiger partial charge in [-0.2, -0.15) is 0 Å². The molecule has 30 heavy (non-hydrogen) atoms. The van der Waals surface area contributed by atoms with E-state index in [1.807, 2.05) is 18.2 Å². The van der Waals surface area contributed by atoms with E-state index in [1.165, 1.54) is 29.7 Å². The number of methoxy groups -OCH3 is 1. The van der Waals surface area contributed by atoms with E-state index in [9.17, 15) is 4.79 Å². The van der Waals surface area contributed by atoms with Crippen LogP contribution in [0.1, 0.15) is 45.8 Å². The molecule has 0 saturated carbocycles. The van der Waals surface area contributed by atoms with Crippen LogP contribution in [-0.2, 0) is 19.4 Å². The van der Waals surface area contributed by atoms with Crippen LogP contribution in [-0.4, -0.2) is 47.1 Å². The van der Waals surface area contributed by atoms with E-state index in [0.717, 1.165) is 62.2 Å². The van der Waals surface area contributed by atoms with Gasteiger partial charge in [0, 0.05) is 23.5 Å². The number of nitrogens with one attached hydrogen (secondary N) is 1. The lowest BCUT2D eigenvalue weighted by Gasteiger charge is -2.26. The van der Waals surface area contributed by atoms with Crippen molar-refractivity contribution in [1.82, 2.24) is 14.5 Å². The van der Waals surface area contributed by atoms with Gasteiger partial charge in [-0.3, -0.25) is 10.1 Å². The first kappa shape index (κ1) is 19.6. The number of piperidine rings is 1. The van der Waals surface area contributed by atoms with E-state index in [1.54, 1.807) is 18.4 Å². The van der Waals surface area contributed by atoms with Gasteiger partial charge in [0.15, 0.2) is 0 Å². The fraction of sp³-hybridized carbons (Fsp3) is 0.478. The molecule has 0 radical (unpaired) electrons. The summed E-state index contributed by atoms with van der Waals surface area (Å²) in [6, 6.07) is 8.10. The molecule has 1 aliphatic heterocycles. The number of amides is 1. The Kier molecular flexibility index (Phi) is 5.48. The van der Waals surface area contributed by atoms with Gasteiger partial charge in [0.1, 0.15) is 10.6 Å². The Labute approximate surface area is 180 Å². The second kappa shape index (κ2) is 8.40. The summed E-state index contributed by atoms with van der Waals surface area (Å²) in [5.41, 5.74) is 3.18. The van der Waals surface area contributed by atoms with Crippen molar-refractivity contribution in [3.05, 3.63) is 39.6 Å². The number of aromatic nitrogens is 2. The zero-order chi connectivity index (χ0) is 20.5. The molecule has 3 aromatic rings. The van der Waals surface area contributed by atoms with E-state index >= 15 is 0 Å². The van der Waals surface area contributed by atoms with Crippen molar-refractivity contribution in [2.24, 2.45) is 0 Å². The van der Waals surface area contributed by atoms with Crippen LogP contribution in [0.5, 0.6) is 5.75 Å². The van der Waals surface area contributed by atoms with Crippen LogP contribution < -0.4 is 10.1 Å². The number of hydrogen-bond acceptors (Lipinski definition) is 5. The molecule has 5 rings (SSSR count). The number of ether oxygens (including phenoxy) is 1. The number of carbonyl (C=O) groups is 1. The minimum atomic E-state index is -0.124. The summed E-state index contributed by atoms with van der Waals surface area (Å²) in [5.74, 6) is 1.25. The van der Waals surface area contributed by atoms with Crippen molar-refractivity contribution in [2.75, 3.05) is 32.1 Å². The third-order valence-corrected chi connectivity index (χ3v) is 7.52. The summed E-state index contributed by atoms with van der Waals surface area (Å²) in [6.45, 7) is 4.10. The van der Waals surface area contributed by atoms with Crippen LogP contribution in [0.4, 0.5) is 5.95 Å². The molecule has 158 valence electrons.